The minimum absolute atomic E-state index is 0.0775. The summed E-state index contributed by atoms with van der Waals surface area (Å²) in [6, 6.07) is 5.87. The summed E-state index contributed by atoms with van der Waals surface area (Å²) in [5.41, 5.74) is 8.25. The molecule has 0 bridgehead atoms. The molecular weight excluding hydrogens is 286 g/mol. The molecule has 0 saturated heterocycles. The number of hydrogen-bond donors (Lipinski definition) is 1. The van der Waals surface area contributed by atoms with Gasteiger partial charge in [0.15, 0.2) is 5.13 Å². The molecule has 0 spiro atoms. The molecule has 1 amide bonds. The van der Waals surface area contributed by atoms with Gasteiger partial charge in [0.1, 0.15) is 5.75 Å². The number of benzene rings is 1. The third-order valence-corrected chi connectivity index (χ3v) is 4.07. The number of nitrogens with two attached hydrogens (primary N) is 1. The Hall–Kier alpha value is -2.08. The van der Waals surface area contributed by atoms with E-state index in [1.165, 1.54) is 11.3 Å². The summed E-state index contributed by atoms with van der Waals surface area (Å²) in [5, 5.41) is 2.45. The average Bonchev–Trinajstić information content (AvgIpc) is 2.79. The van der Waals surface area contributed by atoms with Crippen molar-refractivity contribution >= 4 is 28.1 Å². The maximum Gasteiger partial charge on any atom is 0.230 e. The quantitative estimate of drug-likeness (QED) is 0.926. The van der Waals surface area contributed by atoms with Gasteiger partial charge in [0.25, 0.3) is 0 Å². The Kier molecular flexibility index (Phi) is 3.55. The number of ether oxygens (including phenoxy) is 1. The van der Waals surface area contributed by atoms with Gasteiger partial charge in [-0.05, 0) is 32.0 Å². The van der Waals surface area contributed by atoms with Gasteiger partial charge in [-0.2, -0.15) is 0 Å². The van der Waals surface area contributed by atoms with Crippen LogP contribution < -0.4 is 15.4 Å². The van der Waals surface area contributed by atoms with E-state index >= 15 is 0 Å². The van der Waals surface area contributed by atoms with E-state index in [9.17, 15) is 4.79 Å². The number of nitrogens with zero attached hydrogens (tertiary/aromatic N) is 2. The second-order valence-corrected chi connectivity index (χ2v) is 6.10. The van der Waals surface area contributed by atoms with Crippen molar-refractivity contribution in [2.24, 2.45) is 0 Å². The molecule has 5 nitrogen and oxygen atoms in total. The van der Waals surface area contributed by atoms with Gasteiger partial charge < -0.3 is 15.4 Å². The number of carbonyl (C=O) groups is 1. The van der Waals surface area contributed by atoms with E-state index in [0.717, 1.165) is 22.7 Å². The number of hydrogen-bond acceptors (Lipinski definition) is 5. The first kappa shape index (κ1) is 13.9. The lowest BCUT2D eigenvalue weighted by atomic mass is 10.1. The molecule has 0 aliphatic carbocycles. The smallest absolute Gasteiger partial charge is 0.230 e. The zero-order valence-electron chi connectivity index (χ0n) is 12.0. The van der Waals surface area contributed by atoms with Gasteiger partial charge >= 0.3 is 0 Å². The van der Waals surface area contributed by atoms with Crippen molar-refractivity contribution in [2.45, 2.75) is 26.3 Å². The van der Waals surface area contributed by atoms with E-state index in [-0.39, 0.29) is 11.9 Å². The number of anilines is 2. The zero-order chi connectivity index (χ0) is 15.0. The summed E-state index contributed by atoms with van der Waals surface area (Å²) in [6.07, 6.45) is 0.395. The van der Waals surface area contributed by atoms with Crippen LogP contribution in [0.2, 0.25) is 0 Å². The van der Waals surface area contributed by atoms with Crippen LogP contribution in [-0.2, 0) is 4.79 Å². The standard InChI is InChI=1S/C15H17N3O2S/c1-9(2)18-12-7-10(11-8-21-15(16)17-11)3-4-13(12)20-6-5-14(18)19/h3-4,7-9H,5-6H2,1-2H3,(H2,16,17). The molecule has 0 saturated carbocycles. The van der Waals surface area contributed by atoms with Gasteiger partial charge in [-0.15, -0.1) is 11.3 Å². The van der Waals surface area contributed by atoms with Crippen LogP contribution in [0.25, 0.3) is 11.3 Å². The Labute approximate surface area is 127 Å². The van der Waals surface area contributed by atoms with Crippen molar-refractivity contribution in [1.82, 2.24) is 4.98 Å². The second-order valence-electron chi connectivity index (χ2n) is 5.21. The van der Waals surface area contributed by atoms with E-state index in [2.05, 4.69) is 4.98 Å². The third-order valence-electron chi connectivity index (χ3n) is 3.39. The lowest BCUT2D eigenvalue weighted by Gasteiger charge is -2.26. The van der Waals surface area contributed by atoms with Crippen LogP contribution in [-0.4, -0.2) is 23.5 Å². The van der Waals surface area contributed by atoms with Gasteiger partial charge in [0.2, 0.25) is 5.91 Å². The molecule has 2 aromatic rings. The van der Waals surface area contributed by atoms with Gasteiger partial charge in [0, 0.05) is 17.0 Å². The first-order valence-corrected chi connectivity index (χ1v) is 7.74. The van der Waals surface area contributed by atoms with Gasteiger partial charge in [-0.3, -0.25) is 4.79 Å². The molecule has 21 heavy (non-hydrogen) atoms. The fraction of sp³-hybridized carbons (Fsp3) is 0.333. The maximum atomic E-state index is 12.3. The first-order valence-electron chi connectivity index (χ1n) is 6.86. The predicted octanol–water partition coefficient (Wildman–Crippen LogP) is 2.92. The van der Waals surface area contributed by atoms with E-state index in [0.29, 0.717) is 18.2 Å². The zero-order valence-corrected chi connectivity index (χ0v) is 12.8. The number of nitrogen functional groups attached to an aromatic ring is 1. The minimum Gasteiger partial charge on any atom is -0.491 e. The third kappa shape index (κ3) is 2.58. The largest absolute Gasteiger partial charge is 0.491 e. The first-order chi connectivity index (χ1) is 10.1. The van der Waals surface area contributed by atoms with E-state index < -0.39 is 0 Å². The van der Waals surface area contributed by atoms with Gasteiger partial charge in [-0.25, -0.2) is 4.98 Å². The Morgan fingerprint density at radius 1 is 1.43 bits per heavy atom. The molecule has 0 unspecified atom stereocenters. The molecular formula is C15H17N3O2S. The van der Waals surface area contributed by atoms with Crippen molar-refractivity contribution in [3.05, 3.63) is 23.6 Å². The van der Waals surface area contributed by atoms with E-state index in [1.54, 1.807) is 4.90 Å². The average molecular weight is 303 g/mol. The number of aromatic nitrogens is 1. The molecule has 2 N–H and O–H groups in total. The lowest BCUT2D eigenvalue weighted by Crippen LogP contribution is -2.36. The van der Waals surface area contributed by atoms with E-state index in [4.69, 9.17) is 10.5 Å². The van der Waals surface area contributed by atoms with Crippen LogP contribution in [0.1, 0.15) is 20.3 Å². The van der Waals surface area contributed by atoms with Crippen LogP contribution in [0.3, 0.4) is 0 Å². The molecule has 0 radical (unpaired) electrons. The highest BCUT2D eigenvalue weighted by atomic mass is 32.1. The number of thiazole rings is 1. The Bertz CT molecular complexity index is 681. The van der Waals surface area contributed by atoms with E-state index in [1.807, 2.05) is 37.4 Å². The summed E-state index contributed by atoms with van der Waals surface area (Å²) in [5.74, 6) is 0.820. The summed E-state index contributed by atoms with van der Waals surface area (Å²) in [4.78, 5) is 18.4. The predicted molar refractivity (Wildman–Crippen MR) is 84.7 cm³/mol. The van der Waals surface area contributed by atoms with Crippen LogP contribution >= 0.6 is 11.3 Å². The molecule has 1 aromatic heterocycles. The van der Waals surface area contributed by atoms with Crippen LogP contribution in [0.4, 0.5) is 10.8 Å². The molecule has 3 rings (SSSR count). The Morgan fingerprint density at radius 3 is 2.90 bits per heavy atom. The van der Waals surface area contributed by atoms with Crippen molar-refractivity contribution < 1.29 is 9.53 Å². The number of fused-ring (bicyclic) bond motifs is 1. The molecule has 0 atom stereocenters. The second kappa shape index (κ2) is 5.37. The molecule has 1 aliphatic heterocycles. The lowest BCUT2D eigenvalue weighted by molar-refractivity contribution is -0.119. The minimum atomic E-state index is 0.0775. The molecule has 1 aliphatic rings. The fourth-order valence-electron chi connectivity index (χ4n) is 2.48. The van der Waals surface area contributed by atoms with Crippen molar-refractivity contribution in [2.75, 3.05) is 17.2 Å². The maximum absolute atomic E-state index is 12.3. The normalized spacial score (nSPS) is 14.8. The van der Waals surface area contributed by atoms with Crippen molar-refractivity contribution in [1.29, 1.82) is 0 Å². The molecule has 1 aromatic carbocycles. The van der Waals surface area contributed by atoms with Crippen LogP contribution in [0.15, 0.2) is 23.6 Å². The van der Waals surface area contributed by atoms with Crippen molar-refractivity contribution in [3.63, 3.8) is 0 Å². The Morgan fingerprint density at radius 2 is 2.24 bits per heavy atom. The summed E-state index contributed by atoms with van der Waals surface area (Å²) >= 11 is 1.40. The summed E-state index contributed by atoms with van der Waals surface area (Å²) < 4.78 is 5.69. The van der Waals surface area contributed by atoms with Crippen LogP contribution in [0, 0.1) is 0 Å². The molecule has 0 fully saturated rings. The molecule has 110 valence electrons. The number of rotatable bonds is 2. The van der Waals surface area contributed by atoms with Gasteiger partial charge in [-0.1, -0.05) is 0 Å². The van der Waals surface area contributed by atoms with Crippen molar-refractivity contribution in [3.8, 4) is 17.0 Å². The highest BCUT2D eigenvalue weighted by Crippen LogP contribution is 2.37. The Balaban J connectivity index is 2.10. The fourth-order valence-corrected chi connectivity index (χ4v) is 3.05. The molecule has 6 heteroatoms. The summed E-state index contributed by atoms with van der Waals surface area (Å²) in [7, 11) is 0. The number of carbonyl (C=O) groups excluding carboxylic acids is 1. The number of amides is 1. The summed E-state index contributed by atoms with van der Waals surface area (Å²) in [6.45, 7) is 4.42. The highest BCUT2D eigenvalue weighted by Gasteiger charge is 2.26. The molecule has 2 heterocycles. The highest BCUT2D eigenvalue weighted by molar-refractivity contribution is 7.13. The SMILES string of the molecule is CC(C)N1C(=O)CCOc2ccc(-c3csc(N)n3)cc21. The van der Waals surface area contributed by atoms with Crippen LogP contribution in [0.5, 0.6) is 5.75 Å². The topological polar surface area (TPSA) is 68.5 Å². The van der Waals surface area contributed by atoms with Gasteiger partial charge in [0.05, 0.1) is 24.4 Å². The monoisotopic (exact) mass is 303 g/mol.